The van der Waals surface area contributed by atoms with Gasteiger partial charge in [0.15, 0.2) is 5.82 Å². The fraction of sp³-hybridized carbons (Fsp3) is 0.615. The first-order valence-corrected chi connectivity index (χ1v) is 7.77. The molecule has 22 heavy (non-hydrogen) atoms. The van der Waals surface area contributed by atoms with E-state index >= 15 is 0 Å². The van der Waals surface area contributed by atoms with E-state index in [0.717, 1.165) is 35.6 Å². The lowest BCUT2D eigenvalue weighted by molar-refractivity contribution is -0.127. The fourth-order valence-corrected chi connectivity index (χ4v) is 3.61. The third-order valence-electron chi connectivity index (χ3n) is 3.52. The second kappa shape index (κ2) is 5.96. The van der Waals surface area contributed by atoms with Crippen LogP contribution in [0.3, 0.4) is 0 Å². The first-order chi connectivity index (χ1) is 10.4. The van der Waals surface area contributed by atoms with Gasteiger partial charge in [-0.25, -0.2) is 4.98 Å². The number of thiazole rings is 1. The van der Waals surface area contributed by atoms with E-state index in [9.17, 15) is 13.2 Å². The van der Waals surface area contributed by atoms with Crippen LogP contribution in [0.5, 0.6) is 0 Å². The highest BCUT2D eigenvalue weighted by molar-refractivity contribution is 7.11. The van der Waals surface area contributed by atoms with Gasteiger partial charge in [-0.2, -0.15) is 18.2 Å². The lowest BCUT2D eigenvalue weighted by Gasteiger charge is -2.20. The monoisotopic (exact) mass is 332 g/mol. The lowest BCUT2D eigenvalue weighted by Crippen LogP contribution is -2.23. The third-order valence-corrected chi connectivity index (χ3v) is 4.50. The smallest absolute Gasteiger partial charge is 0.340 e. The Morgan fingerprint density at radius 2 is 2.27 bits per heavy atom. The summed E-state index contributed by atoms with van der Waals surface area (Å²) in [4.78, 5) is 11.1. The van der Waals surface area contributed by atoms with Crippen molar-refractivity contribution >= 4 is 11.3 Å². The van der Waals surface area contributed by atoms with Gasteiger partial charge in [-0.15, -0.1) is 11.3 Å². The molecule has 0 N–H and O–H groups in total. The molecule has 1 aliphatic rings. The van der Waals surface area contributed by atoms with Crippen molar-refractivity contribution in [3.8, 4) is 0 Å². The number of aryl methyl sites for hydroxylation is 1. The number of hydrogen-bond acceptors (Lipinski definition) is 6. The van der Waals surface area contributed by atoms with Crippen molar-refractivity contribution in [1.82, 2.24) is 20.0 Å². The molecule has 1 atom stereocenters. The fourth-order valence-electron chi connectivity index (χ4n) is 2.63. The Bertz CT molecular complexity index is 639. The zero-order valence-electron chi connectivity index (χ0n) is 11.9. The van der Waals surface area contributed by atoms with Gasteiger partial charge < -0.3 is 4.52 Å². The minimum absolute atomic E-state index is 0.0608. The average molecular weight is 332 g/mol. The molecule has 0 bridgehead atoms. The van der Waals surface area contributed by atoms with Crippen LogP contribution in [-0.4, -0.2) is 32.7 Å². The molecule has 5 nitrogen and oxygen atoms in total. The molecule has 1 unspecified atom stereocenters. The first-order valence-electron chi connectivity index (χ1n) is 6.95. The van der Waals surface area contributed by atoms with E-state index in [4.69, 9.17) is 4.52 Å². The Hall–Kier alpha value is -1.48. The van der Waals surface area contributed by atoms with Crippen molar-refractivity contribution < 1.29 is 17.7 Å². The van der Waals surface area contributed by atoms with Gasteiger partial charge in [0.1, 0.15) is 5.01 Å². The van der Waals surface area contributed by atoms with Gasteiger partial charge in [-0.1, -0.05) is 5.16 Å². The SMILES string of the molecule is Cc1nc(C2CCCN2Cc2cnc(CC(F)(F)F)s2)no1. The van der Waals surface area contributed by atoms with Crippen LogP contribution in [0.25, 0.3) is 0 Å². The van der Waals surface area contributed by atoms with E-state index in [1.54, 1.807) is 6.92 Å². The Labute approximate surface area is 129 Å². The summed E-state index contributed by atoms with van der Waals surface area (Å²) in [6, 6.07) is 0.0608. The maximum absolute atomic E-state index is 12.4. The Kier molecular flexibility index (Phi) is 4.18. The quantitative estimate of drug-likeness (QED) is 0.860. The predicted octanol–water partition coefficient (Wildman–Crippen LogP) is 3.28. The maximum atomic E-state index is 12.4. The summed E-state index contributed by atoms with van der Waals surface area (Å²) in [5, 5.41) is 4.06. The van der Waals surface area contributed by atoms with Crippen molar-refractivity contribution in [1.29, 1.82) is 0 Å². The minimum atomic E-state index is -4.21. The minimum Gasteiger partial charge on any atom is -0.340 e. The van der Waals surface area contributed by atoms with E-state index < -0.39 is 12.6 Å². The van der Waals surface area contributed by atoms with Crippen LogP contribution in [0.1, 0.15) is 40.5 Å². The largest absolute Gasteiger partial charge is 0.395 e. The van der Waals surface area contributed by atoms with Crippen molar-refractivity contribution in [3.05, 3.63) is 27.8 Å². The number of nitrogens with zero attached hydrogens (tertiary/aromatic N) is 4. The van der Waals surface area contributed by atoms with Crippen molar-refractivity contribution in [2.45, 2.75) is 44.9 Å². The van der Waals surface area contributed by atoms with Gasteiger partial charge in [-0.05, 0) is 19.4 Å². The van der Waals surface area contributed by atoms with Crippen molar-refractivity contribution in [3.63, 3.8) is 0 Å². The number of rotatable bonds is 4. The van der Waals surface area contributed by atoms with E-state index in [-0.39, 0.29) is 11.0 Å². The van der Waals surface area contributed by atoms with Gasteiger partial charge in [0, 0.05) is 24.5 Å². The van der Waals surface area contributed by atoms with Crippen LogP contribution in [0.15, 0.2) is 10.7 Å². The molecule has 0 saturated carbocycles. The molecule has 120 valence electrons. The number of alkyl halides is 3. The molecular weight excluding hydrogens is 317 g/mol. The molecular formula is C13H15F3N4OS. The van der Waals surface area contributed by atoms with E-state index in [1.807, 2.05) is 0 Å². The highest BCUT2D eigenvalue weighted by Crippen LogP contribution is 2.33. The molecule has 0 aromatic carbocycles. The summed E-state index contributed by atoms with van der Waals surface area (Å²) in [5.74, 6) is 1.17. The molecule has 1 fully saturated rings. The van der Waals surface area contributed by atoms with Gasteiger partial charge >= 0.3 is 6.18 Å². The van der Waals surface area contributed by atoms with Gasteiger partial charge in [0.2, 0.25) is 5.89 Å². The molecule has 2 aromatic rings. The molecule has 3 heterocycles. The Morgan fingerprint density at radius 1 is 1.45 bits per heavy atom. The summed E-state index contributed by atoms with van der Waals surface area (Å²) in [5.41, 5.74) is 0. The van der Waals surface area contributed by atoms with Crippen LogP contribution in [0.2, 0.25) is 0 Å². The second-order valence-corrected chi connectivity index (χ2v) is 6.51. The predicted molar refractivity (Wildman–Crippen MR) is 73.3 cm³/mol. The summed E-state index contributed by atoms with van der Waals surface area (Å²) >= 11 is 1.11. The number of aromatic nitrogens is 3. The van der Waals surface area contributed by atoms with Gasteiger partial charge in [0.05, 0.1) is 12.5 Å². The van der Waals surface area contributed by atoms with Crippen LogP contribution in [0, 0.1) is 6.92 Å². The van der Waals surface area contributed by atoms with Crippen molar-refractivity contribution in [2.24, 2.45) is 0 Å². The standard InChI is InChI=1S/C13H15F3N4OS/c1-8-18-12(19-21-8)10-3-2-4-20(10)7-9-6-17-11(22-9)5-13(14,15)16/h6,10H,2-5,7H2,1H3. The molecule has 2 aromatic heterocycles. The number of likely N-dealkylation sites (tertiary alicyclic amines) is 1. The third kappa shape index (κ3) is 3.64. The summed E-state index contributed by atoms with van der Waals surface area (Å²) in [6.45, 7) is 3.17. The van der Waals surface area contributed by atoms with E-state index in [1.165, 1.54) is 6.20 Å². The van der Waals surface area contributed by atoms with E-state index in [2.05, 4.69) is 20.0 Å². The van der Waals surface area contributed by atoms with Crippen molar-refractivity contribution in [2.75, 3.05) is 6.54 Å². The lowest BCUT2D eigenvalue weighted by atomic mass is 10.2. The number of hydrogen-bond donors (Lipinski definition) is 0. The molecule has 0 amide bonds. The van der Waals surface area contributed by atoms with Crippen LogP contribution in [0.4, 0.5) is 13.2 Å². The topological polar surface area (TPSA) is 55.1 Å². The molecule has 1 saturated heterocycles. The van der Waals surface area contributed by atoms with Crippen LogP contribution >= 0.6 is 11.3 Å². The Balaban J connectivity index is 1.67. The molecule has 0 radical (unpaired) electrons. The van der Waals surface area contributed by atoms with Crippen LogP contribution < -0.4 is 0 Å². The van der Waals surface area contributed by atoms with Gasteiger partial charge in [-0.3, -0.25) is 4.90 Å². The summed E-state index contributed by atoms with van der Waals surface area (Å²) in [6.07, 6.45) is -1.72. The molecule has 3 rings (SSSR count). The summed E-state index contributed by atoms with van der Waals surface area (Å²) in [7, 11) is 0. The van der Waals surface area contributed by atoms with Gasteiger partial charge in [0.25, 0.3) is 0 Å². The van der Waals surface area contributed by atoms with Crippen LogP contribution in [-0.2, 0) is 13.0 Å². The normalized spacial score (nSPS) is 19.9. The zero-order valence-corrected chi connectivity index (χ0v) is 12.7. The zero-order chi connectivity index (χ0) is 15.7. The summed E-state index contributed by atoms with van der Waals surface area (Å²) < 4.78 is 42.1. The second-order valence-electron chi connectivity index (χ2n) is 5.31. The maximum Gasteiger partial charge on any atom is 0.395 e. The molecule has 1 aliphatic heterocycles. The highest BCUT2D eigenvalue weighted by Gasteiger charge is 2.31. The average Bonchev–Trinajstić information content (AvgIpc) is 3.10. The molecule has 0 spiro atoms. The highest BCUT2D eigenvalue weighted by atomic mass is 32.1. The first kappa shape index (κ1) is 15.4. The van der Waals surface area contributed by atoms with E-state index in [0.29, 0.717) is 18.3 Å². The molecule has 9 heteroatoms. The molecule has 0 aliphatic carbocycles. The number of halogens is 3. The Morgan fingerprint density at radius 3 is 2.95 bits per heavy atom.